The lowest BCUT2D eigenvalue weighted by molar-refractivity contribution is 0.336. The molecule has 0 heterocycles. The fourth-order valence-electron chi connectivity index (χ4n) is 1.36. The fraction of sp³-hybridized carbons (Fsp3) is 0.333. The highest BCUT2D eigenvalue weighted by molar-refractivity contribution is 6.35. The molecule has 0 unspecified atom stereocenters. The number of halogens is 3. The summed E-state index contributed by atoms with van der Waals surface area (Å²) in [5.74, 6) is 0.699. The maximum absolute atomic E-state index is 6.07. The Morgan fingerprint density at radius 3 is 2.71 bits per heavy atom. The van der Waals surface area contributed by atoms with Gasteiger partial charge in [-0.3, -0.25) is 0 Å². The Labute approximate surface area is 118 Å². The molecular weight excluding hydrogens is 280 g/mol. The quantitative estimate of drug-likeness (QED) is 0.630. The lowest BCUT2D eigenvalue weighted by Gasteiger charge is -2.12. The van der Waals surface area contributed by atoms with Gasteiger partial charge in [-0.25, -0.2) is 0 Å². The number of ether oxygens (including phenoxy) is 1. The van der Waals surface area contributed by atoms with Crippen LogP contribution < -0.4 is 10.1 Å². The van der Waals surface area contributed by atoms with Crippen molar-refractivity contribution in [3.63, 3.8) is 0 Å². The Kier molecular flexibility index (Phi) is 8.44. The summed E-state index contributed by atoms with van der Waals surface area (Å²) < 4.78 is 5.50. The summed E-state index contributed by atoms with van der Waals surface area (Å²) in [7, 11) is 0. The minimum atomic E-state index is 0. The Balaban J connectivity index is 0.00000256. The highest BCUT2D eigenvalue weighted by Crippen LogP contribution is 2.32. The summed E-state index contributed by atoms with van der Waals surface area (Å²) in [6.07, 6.45) is 1.80. The van der Waals surface area contributed by atoms with Crippen LogP contribution in [0.2, 0.25) is 10.0 Å². The van der Waals surface area contributed by atoms with E-state index < -0.39 is 0 Å². The highest BCUT2D eigenvalue weighted by atomic mass is 35.5. The van der Waals surface area contributed by atoms with E-state index in [-0.39, 0.29) is 12.4 Å². The van der Waals surface area contributed by atoms with Crippen LogP contribution in [-0.2, 0) is 6.54 Å². The number of rotatable bonds is 6. The van der Waals surface area contributed by atoms with Gasteiger partial charge in [0.25, 0.3) is 0 Å². The van der Waals surface area contributed by atoms with Gasteiger partial charge in [-0.05, 0) is 19.1 Å². The lowest BCUT2D eigenvalue weighted by atomic mass is 10.2. The van der Waals surface area contributed by atoms with Gasteiger partial charge in [-0.15, -0.1) is 19.0 Å². The van der Waals surface area contributed by atoms with Crippen molar-refractivity contribution in [2.45, 2.75) is 13.5 Å². The van der Waals surface area contributed by atoms with Crippen molar-refractivity contribution in [3.05, 3.63) is 40.4 Å². The molecule has 2 nitrogen and oxygen atoms in total. The summed E-state index contributed by atoms with van der Waals surface area (Å²) in [5, 5.41) is 4.35. The zero-order valence-electron chi connectivity index (χ0n) is 9.63. The SMILES string of the molecule is C=CCNCc1cc(Cl)cc(Cl)c1OCC.Cl. The van der Waals surface area contributed by atoms with Crippen molar-refractivity contribution >= 4 is 35.6 Å². The molecule has 0 spiro atoms. The Morgan fingerprint density at radius 2 is 2.12 bits per heavy atom. The summed E-state index contributed by atoms with van der Waals surface area (Å²) in [5.41, 5.74) is 0.959. The number of hydrogen-bond donors (Lipinski definition) is 1. The molecule has 0 fully saturated rings. The van der Waals surface area contributed by atoms with Gasteiger partial charge in [0, 0.05) is 23.7 Å². The smallest absolute Gasteiger partial charge is 0.142 e. The molecule has 5 heteroatoms. The van der Waals surface area contributed by atoms with Crippen LogP contribution in [0.15, 0.2) is 24.8 Å². The standard InChI is InChI=1S/C12H15Cl2NO.ClH/c1-3-5-15-8-9-6-10(13)7-11(14)12(9)16-4-2;/h3,6-7,15H,1,4-5,8H2,2H3;1H. The zero-order chi connectivity index (χ0) is 12.0. The molecule has 0 bridgehead atoms. The second-order valence-electron chi connectivity index (χ2n) is 3.23. The molecule has 1 aromatic carbocycles. The molecule has 0 aliphatic heterocycles. The minimum Gasteiger partial charge on any atom is -0.492 e. The molecule has 96 valence electrons. The van der Waals surface area contributed by atoms with Crippen molar-refractivity contribution in [2.24, 2.45) is 0 Å². The third kappa shape index (κ3) is 5.17. The first-order chi connectivity index (χ1) is 7.69. The van der Waals surface area contributed by atoms with Crippen molar-refractivity contribution in [1.82, 2.24) is 5.32 Å². The molecular formula is C12H16Cl3NO. The predicted octanol–water partition coefficient (Wildman–Crippen LogP) is 4.09. The van der Waals surface area contributed by atoms with Crippen LogP contribution in [-0.4, -0.2) is 13.2 Å². The van der Waals surface area contributed by atoms with Gasteiger partial charge in [0.1, 0.15) is 5.75 Å². The molecule has 17 heavy (non-hydrogen) atoms. The van der Waals surface area contributed by atoms with Crippen molar-refractivity contribution in [3.8, 4) is 5.75 Å². The van der Waals surface area contributed by atoms with Crippen LogP contribution in [0.25, 0.3) is 0 Å². The van der Waals surface area contributed by atoms with Crippen LogP contribution in [0.5, 0.6) is 5.75 Å². The number of hydrogen-bond acceptors (Lipinski definition) is 2. The van der Waals surface area contributed by atoms with Crippen LogP contribution >= 0.6 is 35.6 Å². The number of benzene rings is 1. The summed E-state index contributed by atoms with van der Waals surface area (Å²) in [6, 6.07) is 3.54. The van der Waals surface area contributed by atoms with Crippen LogP contribution in [0.1, 0.15) is 12.5 Å². The van der Waals surface area contributed by atoms with E-state index in [2.05, 4.69) is 11.9 Å². The lowest BCUT2D eigenvalue weighted by Crippen LogP contribution is -2.13. The molecule has 0 saturated heterocycles. The van der Waals surface area contributed by atoms with Gasteiger partial charge in [0.2, 0.25) is 0 Å². The topological polar surface area (TPSA) is 21.3 Å². The Bertz CT molecular complexity index is 369. The van der Waals surface area contributed by atoms with Crippen molar-refractivity contribution < 1.29 is 4.74 Å². The molecule has 0 aromatic heterocycles. The van der Waals surface area contributed by atoms with Gasteiger partial charge in [-0.1, -0.05) is 29.3 Å². The molecule has 0 saturated carbocycles. The van der Waals surface area contributed by atoms with Gasteiger partial charge in [0.15, 0.2) is 0 Å². The van der Waals surface area contributed by atoms with Gasteiger partial charge in [-0.2, -0.15) is 0 Å². The average molecular weight is 297 g/mol. The molecule has 1 rings (SSSR count). The monoisotopic (exact) mass is 295 g/mol. The van der Waals surface area contributed by atoms with E-state index in [0.717, 1.165) is 12.1 Å². The summed E-state index contributed by atoms with van der Waals surface area (Å²) in [4.78, 5) is 0. The van der Waals surface area contributed by atoms with Gasteiger partial charge >= 0.3 is 0 Å². The van der Waals surface area contributed by atoms with Crippen molar-refractivity contribution in [2.75, 3.05) is 13.2 Å². The summed E-state index contributed by atoms with van der Waals surface area (Å²) >= 11 is 12.0. The second-order valence-corrected chi connectivity index (χ2v) is 4.07. The number of nitrogens with one attached hydrogen (secondary N) is 1. The van der Waals surface area contributed by atoms with E-state index in [1.807, 2.05) is 13.0 Å². The van der Waals surface area contributed by atoms with E-state index in [1.54, 1.807) is 12.1 Å². The first-order valence-corrected chi connectivity index (χ1v) is 5.87. The molecule has 0 aliphatic carbocycles. The predicted molar refractivity (Wildman–Crippen MR) is 76.8 cm³/mol. The molecule has 1 N–H and O–H groups in total. The van der Waals surface area contributed by atoms with Gasteiger partial charge in [0.05, 0.1) is 11.6 Å². The van der Waals surface area contributed by atoms with Crippen LogP contribution in [0.4, 0.5) is 0 Å². The van der Waals surface area contributed by atoms with E-state index in [0.29, 0.717) is 28.9 Å². The molecule has 0 amide bonds. The minimum absolute atomic E-state index is 0. The average Bonchev–Trinajstić information content (AvgIpc) is 2.23. The Hall–Kier alpha value is -0.410. The first kappa shape index (κ1) is 16.6. The fourth-order valence-corrected chi connectivity index (χ4v) is 1.95. The third-order valence-electron chi connectivity index (χ3n) is 1.98. The van der Waals surface area contributed by atoms with Crippen molar-refractivity contribution in [1.29, 1.82) is 0 Å². The van der Waals surface area contributed by atoms with Crippen LogP contribution in [0.3, 0.4) is 0 Å². The highest BCUT2D eigenvalue weighted by Gasteiger charge is 2.09. The normalized spacial score (nSPS) is 9.59. The van der Waals surface area contributed by atoms with E-state index in [4.69, 9.17) is 27.9 Å². The first-order valence-electron chi connectivity index (χ1n) is 5.11. The van der Waals surface area contributed by atoms with Gasteiger partial charge < -0.3 is 10.1 Å². The molecule has 0 radical (unpaired) electrons. The summed E-state index contributed by atoms with van der Waals surface area (Å²) in [6.45, 7) is 7.53. The third-order valence-corrected chi connectivity index (χ3v) is 2.48. The maximum atomic E-state index is 6.07. The Morgan fingerprint density at radius 1 is 1.41 bits per heavy atom. The van der Waals surface area contributed by atoms with E-state index >= 15 is 0 Å². The van der Waals surface area contributed by atoms with Crippen LogP contribution in [0, 0.1) is 0 Å². The molecule has 0 atom stereocenters. The molecule has 0 aliphatic rings. The second kappa shape index (κ2) is 8.65. The zero-order valence-corrected chi connectivity index (χ0v) is 12.0. The van der Waals surface area contributed by atoms with E-state index in [9.17, 15) is 0 Å². The largest absolute Gasteiger partial charge is 0.492 e. The maximum Gasteiger partial charge on any atom is 0.142 e. The molecule has 1 aromatic rings. The van der Waals surface area contributed by atoms with E-state index in [1.165, 1.54) is 0 Å².